The highest BCUT2D eigenvalue weighted by Gasteiger charge is 2.25. The molecule has 0 saturated heterocycles. The van der Waals surface area contributed by atoms with Crippen LogP contribution in [-0.4, -0.2) is 32.0 Å². The molecule has 8 nitrogen and oxygen atoms in total. The number of nitro benzene ring substituents is 1. The lowest BCUT2D eigenvalue weighted by Crippen LogP contribution is -2.41. The van der Waals surface area contributed by atoms with Crippen LogP contribution in [0.15, 0.2) is 36.4 Å². The van der Waals surface area contributed by atoms with Crippen LogP contribution < -0.4 is 9.62 Å². The molecule has 0 aliphatic carbocycles. The van der Waals surface area contributed by atoms with Crippen molar-refractivity contribution in [2.75, 3.05) is 17.1 Å². The molecular formula is C20H25N3O5S. The summed E-state index contributed by atoms with van der Waals surface area (Å²) < 4.78 is 25.5. The Morgan fingerprint density at radius 2 is 1.72 bits per heavy atom. The summed E-state index contributed by atoms with van der Waals surface area (Å²) >= 11 is 0. The van der Waals surface area contributed by atoms with Crippen molar-refractivity contribution >= 4 is 27.3 Å². The highest BCUT2D eigenvalue weighted by atomic mass is 32.2. The van der Waals surface area contributed by atoms with Crippen LogP contribution in [-0.2, 0) is 14.8 Å². The largest absolute Gasteiger partial charge is 0.348 e. The number of aryl methyl sites for hydroxylation is 3. The zero-order valence-corrected chi connectivity index (χ0v) is 17.9. The topological polar surface area (TPSA) is 110 Å². The summed E-state index contributed by atoms with van der Waals surface area (Å²) in [6, 6.07) is 9.43. The maximum Gasteiger partial charge on any atom is 0.271 e. The van der Waals surface area contributed by atoms with Gasteiger partial charge in [-0.25, -0.2) is 8.42 Å². The van der Waals surface area contributed by atoms with Crippen molar-refractivity contribution in [3.8, 4) is 0 Å². The number of carbonyl (C=O) groups is 1. The molecule has 1 N–H and O–H groups in total. The summed E-state index contributed by atoms with van der Waals surface area (Å²) in [6.45, 7) is 6.94. The van der Waals surface area contributed by atoms with E-state index in [-0.39, 0.29) is 17.4 Å². The molecule has 156 valence electrons. The third kappa shape index (κ3) is 5.54. The molecular weight excluding hydrogens is 394 g/mol. The fourth-order valence-corrected chi connectivity index (χ4v) is 3.80. The van der Waals surface area contributed by atoms with E-state index in [1.54, 1.807) is 6.92 Å². The van der Waals surface area contributed by atoms with Gasteiger partial charge in [0, 0.05) is 12.1 Å². The smallest absolute Gasteiger partial charge is 0.271 e. The molecule has 0 bridgehead atoms. The van der Waals surface area contributed by atoms with E-state index < -0.39 is 27.4 Å². The van der Waals surface area contributed by atoms with Crippen LogP contribution in [0.25, 0.3) is 0 Å². The normalized spacial score (nSPS) is 12.3. The molecule has 1 atom stereocenters. The van der Waals surface area contributed by atoms with Gasteiger partial charge in [0.15, 0.2) is 0 Å². The number of nitrogens with zero attached hydrogens (tertiary/aromatic N) is 2. The van der Waals surface area contributed by atoms with Gasteiger partial charge < -0.3 is 5.32 Å². The molecule has 2 aromatic carbocycles. The molecule has 0 aromatic heterocycles. The van der Waals surface area contributed by atoms with Gasteiger partial charge in [0.2, 0.25) is 15.9 Å². The summed E-state index contributed by atoms with van der Waals surface area (Å²) in [5.41, 5.74) is 3.50. The molecule has 1 amide bonds. The lowest BCUT2D eigenvalue weighted by molar-refractivity contribution is -0.384. The molecule has 0 aliphatic heterocycles. The zero-order chi connectivity index (χ0) is 21.9. The Kier molecular flexibility index (Phi) is 6.63. The summed E-state index contributed by atoms with van der Waals surface area (Å²) in [5, 5.41) is 13.9. The van der Waals surface area contributed by atoms with Crippen LogP contribution in [0.4, 0.5) is 11.4 Å². The average Bonchev–Trinajstić information content (AvgIpc) is 2.61. The molecule has 0 aliphatic rings. The first-order valence-electron chi connectivity index (χ1n) is 8.99. The van der Waals surface area contributed by atoms with Gasteiger partial charge >= 0.3 is 0 Å². The molecule has 2 rings (SSSR count). The highest BCUT2D eigenvalue weighted by Crippen LogP contribution is 2.27. The Morgan fingerprint density at radius 1 is 1.10 bits per heavy atom. The second kappa shape index (κ2) is 8.60. The van der Waals surface area contributed by atoms with Gasteiger partial charge in [0.1, 0.15) is 6.54 Å². The number of amides is 1. The van der Waals surface area contributed by atoms with Gasteiger partial charge in [-0.3, -0.25) is 19.2 Å². The first-order valence-corrected chi connectivity index (χ1v) is 10.8. The fraction of sp³-hybridized carbons (Fsp3) is 0.350. The van der Waals surface area contributed by atoms with E-state index in [4.69, 9.17) is 0 Å². The molecule has 2 aromatic rings. The van der Waals surface area contributed by atoms with Crippen LogP contribution >= 0.6 is 0 Å². The van der Waals surface area contributed by atoms with Gasteiger partial charge in [0.25, 0.3) is 5.69 Å². The third-order valence-corrected chi connectivity index (χ3v) is 5.89. The minimum absolute atomic E-state index is 0.107. The zero-order valence-electron chi connectivity index (χ0n) is 17.1. The van der Waals surface area contributed by atoms with Crippen LogP contribution in [0.2, 0.25) is 0 Å². The molecule has 0 unspecified atom stereocenters. The van der Waals surface area contributed by atoms with Crippen LogP contribution in [0.5, 0.6) is 0 Å². The minimum atomic E-state index is -3.84. The number of hydrogen-bond acceptors (Lipinski definition) is 5. The minimum Gasteiger partial charge on any atom is -0.348 e. The molecule has 0 saturated carbocycles. The maximum atomic E-state index is 12.6. The number of carbonyl (C=O) groups excluding carboxylic acids is 1. The number of hydrogen-bond donors (Lipinski definition) is 1. The van der Waals surface area contributed by atoms with Crippen molar-refractivity contribution in [3.05, 3.63) is 68.8 Å². The first-order chi connectivity index (χ1) is 13.4. The van der Waals surface area contributed by atoms with E-state index >= 15 is 0 Å². The van der Waals surface area contributed by atoms with E-state index in [2.05, 4.69) is 5.32 Å². The standard InChI is InChI=1S/C20H25N3O5S/c1-13-6-8-17(10-15(13)3)16(4)21-20(24)12-22(29(5,27)28)19-11-18(23(25)26)9-7-14(19)2/h6-11,16H,12H2,1-5H3,(H,21,24)/t16-/m1/s1. The number of benzene rings is 2. The second-order valence-electron chi connectivity index (χ2n) is 7.13. The van der Waals surface area contributed by atoms with E-state index in [0.29, 0.717) is 5.56 Å². The van der Waals surface area contributed by atoms with Crippen molar-refractivity contribution in [1.29, 1.82) is 0 Å². The molecule has 0 spiro atoms. The second-order valence-corrected chi connectivity index (χ2v) is 9.04. The van der Waals surface area contributed by atoms with Crippen molar-refractivity contribution in [2.45, 2.75) is 33.7 Å². The summed E-state index contributed by atoms with van der Waals surface area (Å²) in [5.74, 6) is -0.507. The number of rotatable bonds is 7. The van der Waals surface area contributed by atoms with Gasteiger partial charge in [-0.2, -0.15) is 0 Å². The maximum absolute atomic E-state index is 12.6. The lowest BCUT2D eigenvalue weighted by atomic mass is 10.0. The van der Waals surface area contributed by atoms with Crippen molar-refractivity contribution in [2.24, 2.45) is 0 Å². The van der Waals surface area contributed by atoms with Gasteiger partial charge in [-0.05, 0) is 49.9 Å². The quantitative estimate of drug-likeness (QED) is 0.548. The van der Waals surface area contributed by atoms with Crippen molar-refractivity contribution in [3.63, 3.8) is 0 Å². The van der Waals surface area contributed by atoms with Gasteiger partial charge in [-0.15, -0.1) is 0 Å². The summed E-state index contributed by atoms with van der Waals surface area (Å²) in [4.78, 5) is 23.1. The number of sulfonamides is 1. The number of nitro groups is 1. The summed E-state index contributed by atoms with van der Waals surface area (Å²) in [7, 11) is -3.84. The third-order valence-electron chi connectivity index (χ3n) is 4.77. The Bertz CT molecular complexity index is 1050. The van der Waals surface area contributed by atoms with E-state index in [1.807, 2.05) is 39.0 Å². The summed E-state index contributed by atoms with van der Waals surface area (Å²) in [6.07, 6.45) is 0.964. The van der Waals surface area contributed by atoms with E-state index in [0.717, 1.165) is 33.3 Å². The Morgan fingerprint density at radius 3 is 2.28 bits per heavy atom. The van der Waals surface area contributed by atoms with Crippen molar-refractivity contribution < 1.29 is 18.1 Å². The van der Waals surface area contributed by atoms with Gasteiger partial charge in [0.05, 0.1) is 22.9 Å². The van der Waals surface area contributed by atoms with Crippen LogP contribution in [0.1, 0.15) is 35.2 Å². The Hall–Kier alpha value is -2.94. The Labute approximate surface area is 170 Å². The first kappa shape index (κ1) is 22.4. The van der Waals surface area contributed by atoms with E-state index in [1.165, 1.54) is 12.1 Å². The predicted octanol–water partition coefficient (Wildman–Crippen LogP) is 3.16. The van der Waals surface area contributed by atoms with Crippen molar-refractivity contribution in [1.82, 2.24) is 5.32 Å². The number of anilines is 1. The molecule has 0 radical (unpaired) electrons. The molecule has 29 heavy (non-hydrogen) atoms. The number of nitrogens with one attached hydrogen (secondary N) is 1. The van der Waals surface area contributed by atoms with Crippen LogP contribution in [0.3, 0.4) is 0 Å². The lowest BCUT2D eigenvalue weighted by Gasteiger charge is -2.24. The predicted molar refractivity (Wildman–Crippen MR) is 112 cm³/mol. The monoisotopic (exact) mass is 419 g/mol. The Balaban J connectivity index is 2.27. The molecule has 0 fully saturated rings. The fourth-order valence-electron chi connectivity index (χ4n) is 2.90. The molecule has 9 heteroatoms. The highest BCUT2D eigenvalue weighted by molar-refractivity contribution is 7.92. The van der Waals surface area contributed by atoms with E-state index in [9.17, 15) is 23.3 Å². The molecule has 0 heterocycles. The van der Waals surface area contributed by atoms with Crippen LogP contribution in [0, 0.1) is 30.9 Å². The number of non-ortho nitro benzene ring substituents is 1. The SMILES string of the molecule is Cc1ccc([C@@H](C)NC(=O)CN(c2cc([N+](=O)[O-])ccc2C)S(C)(=O)=O)cc1C. The van der Waals surface area contributed by atoms with Gasteiger partial charge in [-0.1, -0.05) is 24.3 Å². The average molecular weight is 420 g/mol.